The lowest BCUT2D eigenvalue weighted by molar-refractivity contribution is -0.174. The Morgan fingerprint density at radius 1 is 0.811 bits per heavy atom. The van der Waals surface area contributed by atoms with Gasteiger partial charge in [0.25, 0.3) is 0 Å². The molecule has 5 rings (SSSR count). The number of nitrogens with zero attached hydrogens (tertiary/aromatic N) is 1. The molecular weight excluding hydrogens is 751 g/mol. The number of amides is 2. The highest BCUT2D eigenvalue weighted by Gasteiger charge is 2.52. The number of aldehydes is 1. The van der Waals surface area contributed by atoms with E-state index in [9.17, 15) is 27.6 Å². The quantitative estimate of drug-likeness (QED) is 0.100. The Labute approximate surface area is 316 Å². The molecule has 1 aliphatic rings. The van der Waals surface area contributed by atoms with Crippen LogP contribution in [0.1, 0.15) is 55.4 Å². The summed E-state index contributed by atoms with van der Waals surface area (Å²) >= 11 is 3.47. The van der Waals surface area contributed by atoms with Crippen molar-refractivity contribution in [3.63, 3.8) is 0 Å². The summed E-state index contributed by atoms with van der Waals surface area (Å²) in [6, 6.07) is 34.9. The van der Waals surface area contributed by atoms with Crippen molar-refractivity contribution in [1.29, 1.82) is 0 Å². The first kappa shape index (κ1) is 39.7. The fourth-order valence-corrected chi connectivity index (χ4v) is 7.22. The fraction of sp³-hybridized carbons (Fsp3) is 0.341. The summed E-state index contributed by atoms with van der Waals surface area (Å²) in [5.74, 6) is -2.48. The first-order chi connectivity index (χ1) is 25.2. The van der Waals surface area contributed by atoms with Crippen molar-refractivity contribution in [1.82, 2.24) is 15.5 Å². The Morgan fingerprint density at radius 2 is 1.32 bits per heavy atom. The molecule has 1 aliphatic heterocycles. The van der Waals surface area contributed by atoms with Crippen LogP contribution < -0.4 is 10.6 Å². The Hall–Kier alpha value is -4.52. The Bertz CT molecular complexity index is 1710. The lowest BCUT2D eigenvalue weighted by Crippen LogP contribution is -2.69. The predicted octanol–water partition coefficient (Wildman–Crippen LogP) is 7.76. The van der Waals surface area contributed by atoms with Gasteiger partial charge in [-0.2, -0.15) is 13.2 Å². The minimum atomic E-state index is -5.08. The lowest BCUT2D eigenvalue weighted by atomic mass is 9.74. The van der Waals surface area contributed by atoms with Crippen LogP contribution in [0.2, 0.25) is 0 Å². The van der Waals surface area contributed by atoms with Crippen molar-refractivity contribution in [2.24, 2.45) is 0 Å². The third-order valence-corrected chi connectivity index (χ3v) is 9.74. The second kappa shape index (κ2) is 17.1. The molecule has 2 amide bonds. The number of alkyl carbamates (subject to hydrolysis) is 1. The van der Waals surface area contributed by atoms with E-state index in [4.69, 9.17) is 9.47 Å². The number of hydrogen-bond acceptors (Lipinski definition) is 6. The van der Waals surface area contributed by atoms with Crippen molar-refractivity contribution >= 4 is 34.2 Å². The summed E-state index contributed by atoms with van der Waals surface area (Å²) in [4.78, 5) is 38.8. The van der Waals surface area contributed by atoms with Gasteiger partial charge in [0.05, 0.1) is 12.6 Å². The normalized spacial score (nSPS) is 18.4. The maximum atomic E-state index is 13.4. The Morgan fingerprint density at radius 3 is 1.77 bits per heavy atom. The van der Waals surface area contributed by atoms with Crippen molar-refractivity contribution < 1.29 is 37.0 Å². The summed E-state index contributed by atoms with van der Waals surface area (Å²) in [6.07, 6.45) is -5.23. The molecule has 0 bridgehead atoms. The van der Waals surface area contributed by atoms with Gasteiger partial charge in [0.1, 0.15) is 17.5 Å². The van der Waals surface area contributed by atoms with Crippen molar-refractivity contribution in [3.05, 3.63) is 142 Å². The van der Waals surface area contributed by atoms with Gasteiger partial charge in [0, 0.05) is 42.0 Å². The molecule has 0 radical (unpaired) electrons. The van der Waals surface area contributed by atoms with Crippen LogP contribution in [-0.2, 0) is 24.7 Å². The molecule has 4 atom stereocenters. The number of benzene rings is 4. The van der Waals surface area contributed by atoms with E-state index in [0.717, 1.165) is 26.7 Å². The third-order valence-electron chi connectivity index (χ3n) is 9.21. The number of halogens is 4. The molecule has 1 heterocycles. The molecule has 2 N–H and O–H groups in total. The summed E-state index contributed by atoms with van der Waals surface area (Å²) in [6.45, 7) is 4.92. The topological polar surface area (TPSA) is 97.0 Å². The van der Waals surface area contributed by atoms with Gasteiger partial charge in [0.2, 0.25) is 0 Å². The molecule has 0 saturated carbocycles. The first-order valence-corrected chi connectivity index (χ1v) is 18.1. The minimum absolute atomic E-state index is 0.0562. The van der Waals surface area contributed by atoms with Crippen LogP contribution >= 0.6 is 15.9 Å². The lowest BCUT2D eigenvalue weighted by Gasteiger charge is -2.57. The zero-order chi connectivity index (χ0) is 38.2. The van der Waals surface area contributed by atoms with E-state index in [1.807, 2.05) is 120 Å². The molecule has 0 spiro atoms. The number of nitrogens with one attached hydrogen (secondary N) is 2. The maximum absolute atomic E-state index is 13.4. The SMILES string of the molecule is CC(C)(C)OC(=O)N[C@H](CC=O)CN1[C@H](COC(c2ccccc2)(c2ccccc2)c2ccccc2)[C@H](c2ccc(Br)cc2)[C@@H]1CNC(=O)C(F)(F)F. The summed E-state index contributed by atoms with van der Waals surface area (Å²) in [7, 11) is 0. The highest BCUT2D eigenvalue weighted by Crippen LogP contribution is 2.45. The van der Waals surface area contributed by atoms with E-state index in [2.05, 4.69) is 26.6 Å². The molecule has 0 unspecified atom stereocenters. The van der Waals surface area contributed by atoms with E-state index in [1.54, 1.807) is 20.8 Å². The molecule has 280 valence electrons. The molecule has 12 heteroatoms. The van der Waals surface area contributed by atoms with Crippen LogP contribution in [0, 0.1) is 0 Å². The monoisotopic (exact) mass is 793 g/mol. The summed E-state index contributed by atoms with van der Waals surface area (Å²) < 4.78 is 53.8. The van der Waals surface area contributed by atoms with Crippen LogP contribution in [0.5, 0.6) is 0 Å². The zero-order valence-electron chi connectivity index (χ0n) is 29.7. The minimum Gasteiger partial charge on any atom is -0.444 e. The van der Waals surface area contributed by atoms with Crippen molar-refractivity contribution in [2.75, 3.05) is 19.7 Å². The summed E-state index contributed by atoms with van der Waals surface area (Å²) in [5, 5.41) is 4.84. The van der Waals surface area contributed by atoms with Gasteiger partial charge in [0.15, 0.2) is 0 Å². The van der Waals surface area contributed by atoms with E-state index < -0.39 is 53.4 Å². The zero-order valence-corrected chi connectivity index (χ0v) is 31.3. The number of carbonyl (C=O) groups excluding carboxylic acids is 3. The van der Waals surface area contributed by atoms with Gasteiger partial charge in [-0.25, -0.2) is 4.79 Å². The van der Waals surface area contributed by atoms with E-state index in [1.165, 1.54) is 0 Å². The van der Waals surface area contributed by atoms with Crippen LogP contribution in [0.15, 0.2) is 120 Å². The number of alkyl halides is 3. The van der Waals surface area contributed by atoms with E-state index >= 15 is 0 Å². The predicted molar refractivity (Wildman–Crippen MR) is 199 cm³/mol. The molecule has 1 saturated heterocycles. The van der Waals surface area contributed by atoms with Crippen molar-refractivity contribution in [3.8, 4) is 0 Å². The molecular formula is C41H43BrF3N3O5. The maximum Gasteiger partial charge on any atom is 0.471 e. The van der Waals surface area contributed by atoms with Crippen molar-refractivity contribution in [2.45, 2.75) is 68.6 Å². The standard InChI is InChI=1S/C41H43BrF3N3O5/c1-39(2,3)53-38(51)47-33(23-24-49)26-48-34(25-46-37(50)41(43,44)45)36(28-19-21-32(42)22-20-28)35(48)27-52-40(29-13-7-4-8-14-29,30-15-9-5-10-16-30)31-17-11-6-12-18-31/h4-22,24,33-36H,23,25-27H2,1-3H3,(H,46,50)(H,47,51)/t33-,34+,35-,36-/m1/s1. The number of ether oxygens (including phenoxy) is 2. The van der Waals surface area contributed by atoms with Gasteiger partial charge in [-0.15, -0.1) is 0 Å². The average Bonchev–Trinajstić information content (AvgIpc) is 3.12. The van der Waals surface area contributed by atoms with Gasteiger partial charge >= 0.3 is 18.2 Å². The third kappa shape index (κ3) is 9.73. The Balaban J connectivity index is 1.59. The molecule has 53 heavy (non-hydrogen) atoms. The smallest absolute Gasteiger partial charge is 0.444 e. The molecule has 1 fully saturated rings. The number of hydrogen-bond donors (Lipinski definition) is 2. The molecule has 0 aliphatic carbocycles. The highest BCUT2D eigenvalue weighted by molar-refractivity contribution is 9.10. The Kier molecular flexibility index (Phi) is 12.8. The molecule has 4 aromatic carbocycles. The van der Waals surface area contributed by atoms with Crippen LogP contribution in [0.25, 0.3) is 0 Å². The molecule has 0 aromatic heterocycles. The fourth-order valence-electron chi connectivity index (χ4n) is 6.96. The highest BCUT2D eigenvalue weighted by atomic mass is 79.9. The van der Waals surface area contributed by atoms with Crippen LogP contribution in [0.3, 0.4) is 0 Å². The number of rotatable bonds is 14. The second-order valence-corrected chi connectivity index (χ2v) is 14.9. The van der Waals surface area contributed by atoms with Crippen LogP contribution in [0.4, 0.5) is 18.0 Å². The second-order valence-electron chi connectivity index (χ2n) is 14.0. The summed E-state index contributed by atoms with van der Waals surface area (Å²) in [5.41, 5.74) is 1.50. The first-order valence-electron chi connectivity index (χ1n) is 17.3. The van der Waals surface area contributed by atoms with Gasteiger partial charge in [-0.05, 0) is 55.2 Å². The van der Waals surface area contributed by atoms with Gasteiger partial charge in [-0.1, -0.05) is 119 Å². The van der Waals surface area contributed by atoms with Gasteiger partial charge < -0.3 is 24.9 Å². The molecule has 4 aromatic rings. The van der Waals surface area contributed by atoms with Crippen LogP contribution in [-0.4, -0.2) is 72.8 Å². The average molecular weight is 795 g/mol. The van der Waals surface area contributed by atoms with Gasteiger partial charge in [-0.3, -0.25) is 9.69 Å². The largest absolute Gasteiger partial charge is 0.471 e. The molecule has 8 nitrogen and oxygen atoms in total. The van der Waals surface area contributed by atoms with E-state index in [0.29, 0.717) is 6.29 Å². The number of carbonyl (C=O) groups is 3. The van der Waals surface area contributed by atoms with E-state index in [-0.39, 0.29) is 26.1 Å². The number of likely N-dealkylation sites (tertiary alicyclic amines) is 1.